The number of hydrogen-bond donors (Lipinski definition) is 0. The average molecular weight is 288 g/mol. The molecule has 1 aromatic carbocycles. The molecule has 1 saturated heterocycles. The fourth-order valence-corrected chi connectivity index (χ4v) is 2.45. The van der Waals surface area contributed by atoms with Crippen LogP contribution in [0.1, 0.15) is 5.82 Å². The molecule has 4 nitrogen and oxygen atoms in total. The summed E-state index contributed by atoms with van der Waals surface area (Å²) in [5.41, 5.74) is 0.540. The Hall–Kier alpha value is -1.40. The summed E-state index contributed by atoms with van der Waals surface area (Å²) >= 11 is 5.86. The van der Waals surface area contributed by atoms with Gasteiger partial charge in [-0.1, -0.05) is 0 Å². The fourth-order valence-electron chi connectivity index (χ4n) is 2.28. The first kappa shape index (κ1) is 12.6. The molecular weight excluding hydrogens is 276 g/mol. The number of nitrogens with zero attached hydrogens (tertiary/aromatic N) is 3. The molecule has 0 unspecified atom stereocenters. The Labute approximate surface area is 113 Å². The predicted octanol–water partition coefficient (Wildman–Crippen LogP) is 2.02. The van der Waals surface area contributed by atoms with E-state index in [1.807, 2.05) is 5.01 Å². The van der Waals surface area contributed by atoms with Gasteiger partial charge in [-0.3, -0.25) is 0 Å². The molecule has 19 heavy (non-hydrogen) atoms. The van der Waals surface area contributed by atoms with Crippen LogP contribution in [0.25, 0.3) is 11.0 Å². The molecule has 0 saturated carbocycles. The Balaban J connectivity index is 2.21. The van der Waals surface area contributed by atoms with Gasteiger partial charge in [0.05, 0.1) is 37.7 Å². The third kappa shape index (κ3) is 2.04. The number of alkyl halides is 1. The first-order chi connectivity index (χ1) is 9.22. The SMILES string of the molecule is Fc1ccc2nc(CCl)n(N3CCOCC3)c2c1F. The maximum Gasteiger partial charge on any atom is 0.186 e. The van der Waals surface area contributed by atoms with Crippen LogP contribution in [-0.2, 0) is 10.6 Å². The highest BCUT2D eigenvalue weighted by atomic mass is 35.5. The van der Waals surface area contributed by atoms with E-state index in [0.717, 1.165) is 6.07 Å². The Morgan fingerprint density at radius 2 is 2.00 bits per heavy atom. The van der Waals surface area contributed by atoms with Crippen LogP contribution < -0.4 is 5.01 Å². The lowest BCUT2D eigenvalue weighted by atomic mass is 10.3. The largest absolute Gasteiger partial charge is 0.378 e. The second-order valence-corrected chi connectivity index (χ2v) is 4.54. The number of hydrogen-bond acceptors (Lipinski definition) is 3. The number of imidazole rings is 1. The van der Waals surface area contributed by atoms with E-state index in [1.165, 1.54) is 6.07 Å². The maximum atomic E-state index is 14.0. The molecule has 0 N–H and O–H groups in total. The number of benzene rings is 1. The third-order valence-electron chi connectivity index (χ3n) is 3.14. The first-order valence-electron chi connectivity index (χ1n) is 5.96. The van der Waals surface area contributed by atoms with Crippen LogP contribution in [0.15, 0.2) is 12.1 Å². The molecule has 1 aliphatic rings. The minimum atomic E-state index is -0.896. The zero-order valence-corrected chi connectivity index (χ0v) is 10.8. The predicted molar refractivity (Wildman–Crippen MR) is 68.0 cm³/mol. The summed E-state index contributed by atoms with van der Waals surface area (Å²) in [6, 6.07) is 2.53. The molecular formula is C12H12ClF2N3O. The monoisotopic (exact) mass is 287 g/mol. The van der Waals surface area contributed by atoms with E-state index in [0.29, 0.717) is 37.6 Å². The van der Waals surface area contributed by atoms with Crippen molar-refractivity contribution in [2.24, 2.45) is 0 Å². The van der Waals surface area contributed by atoms with Gasteiger partial charge in [0.1, 0.15) is 11.3 Å². The van der Waals surface area contributed by atoms with E-state index in [-0.39, 0.29) is 11.4 Å². The van der Waals surface area contributed by atoms with Gasteiger partial charge in [0, 0.05) is 0 Å². The molecule has 1 fully saturated rings. The highest BCUT2D eigenvalue weighted by Gasteiger charge is 2.22. The highest BCUT2D eigenvalue weighted by molar-refractivity contribution is 6.16. The lowest BCUT2D eigenvalue weighted by Crippen LogP contribution is -2.44. The van der Waals surface area contributed by atoms with Crippen molar-refractivity contribution in [2.45, 2.75) is 5.88 Å². The van der Waals surface area contributed by atoms with Crippen molar-refractivity contribution in [3.63, 3.8) is 0 Å². The van der Waals surface area contributed by atoms with Crippen molar-refractivity contribution >= 4 is 22.6 Å². The van der Waals surface area contributed by atoms with Gasteiger partial charge < -0.3 is 9.75 Å². The Morgan fingerprint density at radius 1 is 1.26 bits per heavy atom. The first-order valence-corrected chi connectivity index (χ1v) is 6.50. The Morgan fingerprint density at radius 3 is 2.68 bits per heavy atom. The van der Waals surface area contributed by atoms with Crippen molar-refractivity contribution in [1.82, 2.24) is 9.66 Å². The van der Waals surface area contributed by atoms with E-state index in [9.17, 15) is 8.78 Å². The summed E-state index contributed by atoms with van der Waals surface area (Å²) in [5.74, 6) is -1.15. The standard InChI is InChI=1S/C12H12ClF2N3O/c13-7-10-16-9-2-1-8(14)11(15)12(9)18(10)17-3-5-19-6-4-17/h1-2H,3-7H2. The van der Waals surface area contributed by atoms with E-state index in [2.05, 4.69) is 4.98 Å². The van der Waals surface area contributed by atoms with Gasteiger partial charge in [-0.2, -0.15) is 0 Å². The quantitative estimate of drug-likeness (QED) is 0.792. The van der Waals surface area contributed by atoms with Gasteiger partial charge in [0.2, 0.25) is 0 Å². The summed E-state index contributed by atoms with van der Waals surface area (Å²) in [4.78, 5) is 4.25. The van der Waals surface area contributed by atoms with Crippen molar-refractivity contribution < 1.29 is 13.5 Å². The number of fused-ring (bicyclic) bond motifs is 1. The normalized spacial score (nSPS) is 16.3. The summed E-state index contributed by atoms with van der Waals surface area (Å²) in [6.07, 6.45) is 0. The second kappa shape index (κ2) is 4.94. The lowest BCUT2D eigenvalue weighted by molar-refractivity contribution is 0.111. The maximum absolute atomic E-state index is 14.0. The van der Waals surface area contributed by atoms with E-state index >= 15 is 0 Å². The molecule has 0 amide bonds. The fraction of sp³-hybridized carbons (Fsp3) is 0.417. The smallest absolute Gasteiger partial charge is 0.186 e. The zero-order chi connectivity index (χ0) is 13.4. The summed E-state index contributed by atoms with van der Waals surface area (Å²) in [7, 11) is 0. The van der Waals surface area contributed by atoms with Gasteiger partial charge in [0.25, 0.3) is 0 Å². The average Bonchev–Trinajstić information content (AvgIpc) is 2.83. The molecule has 7 heteroatoms. The van der Waals surface area contributed by atoms with Gasteiger partial charge in [-0.05, 0) is 12.1 Å². The van der Waals surface area contributed by atoms with Crippen molar-refractivity contribution in [3.8, 4) is 0 Å². The number of morpholine rings is 1. The van der Waals surface area contributed by atoms with Crippen molar-refractivity contribution in [2.75, 3.05) is 31.3 Å². The van der Waals surface area contributed by atoms with E-state index < -0.39 is 11.6 Å². The zero-order valence-electron chi connectivity index (χ0n) is 10.1. The molecule has 0 bridgehead atoms. The number of halogens is 3. The van der Waals surface area contributed by atoms with E-state index in [4.69, 9.17) is 16.3 Å². The molecule has 0 atom stereocenters. The van der Waals surface area contributed by atoms with Crippen LogP contribution in [0.5, 0.6) is 0 Å². The molecule has 1 aliphatic heterocycles. The summed E-state index contributed by atoms with van der Waals surface area (Å²) in [5, 5.41) is 1.87. The minimum absolute atomic E-state index is 0.132. The summed E-state index contributed by atoms with van der Waals surface area (Å²) < 4.78 is 34.3. The van der Waals surface area contributed by atoms with Crippen LogP contribution in [0.2, 0.25) is 0 Å². The molecule has 0 radical (unpaired) electrons. The number of aromatic nitrogens is 2. The van der Waals surface area contributed by atoms with Crippen LogP contribution in [0.3, 0.4) is 0 Å². The van der Waals surface area contributed by atoms with E-state index in [1.54, 1.807) is 4.68 Å². The van der Waals surface area contributed by atoms with Crippen LogP contribution in [-0.4, -0.2) is 36.0 Å². The van der Waals surface area contributed by atoms with Crippen LogP contribution in [0.4, 0.5) is 8.78 Å². The van der Waals surface area contributed by atoms with Gasteiger partial charge in [-0.15, -0.1) is 11.6 Å². The highest BCUT2D eigenvalue weighted by Crippen LogP contribution is 2.23. The molecule has 0 spiro atoms. The third-order valence-corrected chi connectivity index (χ3v) is 3.38. The Bertz CT molecular complexity index is 611. The molecule has 2 heterocycles. The molecule has 3 rings (SSSR count). The minimum Gasteiger partial charge on any atom is -0.378 e. The molecule has 2 aromatic rings. The second-order valence-electron chi connectivity index (χ2n) is 4.27. The number of ether oxygens (including phenoxy) is 1. The number of rotatable bonds is 2. The van der Waals surface area contributed by atoms with Crippen molar-refractivity contribution in [3.05, 3.63) is 29.6 Å². The molecule has 102 valence electrons. The topological polar surface area (TPSA) is 30.3 Å². The Kier molecular flexibility index (Phi) is 3.28. The van der Waals surface area contributed by atoms with Crippen LogP contribution >= 0.6 is 11.6 Å². The van der Waals surface area contributed by atoms with Crippen molar-refractivity contribution in [1.29, 1.82) is 0 Å². The molecule has 0 aliphatic carbocycles. The lowest BCUT2D eigenvalue weighted by Gasteiger charge is -2.31. The van der Waals surface area contributed by atoms with Gasteiger partial charge in [0.15, 0.2) is 11.6 Å². The van der Waals surface area contributed by atoms with Gasteiger partial charge >= 0.3 is 0 Å². The van der Waals surface area contributed by atoms with Gasteiger partial charge in [-0.25, -0.2) is 18.4 Å². The van der Waals surface area contributed by atoms with Crippen LogP contribution in [0, 0.1) is 11.6 Å². The summed E-state index contributed by atoms with van der Waals surface area (Å²) in [6.45, 7) is 2.26. The molecule has 1 aromatic heterocycles.